The quantitative estimate of drug-likeness (QED) is 0.879. The topological polar surface area (TPSA) is 36.4 Å². The normalized spacial score (nSPS) is 15.5. The zero-order chi connectivity index (χ0) is 12.5. The molecule has 1 aromatic heterocycles. The minimum absolute atomic E-state index is 0.288. The number of benzene rings is 1. The lowest BCUT2D eigenvalue weighted by Crippen LogP contribution is -2.18. The number of fused-ring (bicyclic) bond motifs is 1. The van der Waals surface area contributed by atoms with Gasteiger partial charge in [0.1, 0.15) is 5.75 Å². The van der Waals surface area contributed by atoms with E-state index in [9.17, 15) is 5.11 Å². The molecule has 0 amide bonds. The maximum atomic E-state index is 9.60. The smallest absolute Gasteiger partial charge is 0.117 e. The summed E-state index contributed by atoms with van der Waals surface area (Å²) in [7, 11) is 0. The summed E-state index contributed by atoms with van der Waals surface area (Å²) in [6, 6.07) is 7.68. The van der Waals surface area contributed by atoms with Gasteiger partial charge >= 0.3 is 0 Å². The average molecular weight is 242 g/mol. The van der Waals surface area contributed by atoms with Crippen LogP contribution in [0.25, 0.3) is 10.9 Å². The fraction of sp³-hybridized carbons (Fsp3) is 0.400. The Morgan fingerprint density at radius 3 is 2.72 bits per heavy atom. The van der Waals surface area contributed by atoms with Gasteiger partial charge in [-0.25, -0.2) is 0 Å². The van der Waals surface area contributed by atoms with Crippen LogP contribution >= 0.6 is 0 Å². The lowest BCUT2D eigenvalue weighted by Gasteiger charge is -2.20. The molecule has 1 N–H and O–H groups in total. The van der Waals surface area contributed by atoms with Crippen LogP contribution in [0, 0.1) is 0 Å². The third kappa shape index (κ3) is 1.90. The Bertz CT molecular complexity index is 574. The molecule has 1 aromatic carbocycles. The van der Waals surface area contributed by atoms with Crippen molar-refractivity contribution in [2.24, 2.45) is 0 Å². The molecule has 1 fully saturated rings. The van der Waals surface area contributed by atoms with Crippen molar-refractivity contribution in [3.05, 3.63) is 30.0 Å². The molecule has 0 saturated carbocycles. The summed E-state index contributed by atoms with van der Waals surface area (Å²) in [4.78, 5) is 7.03. The van der Waals surface area contributed by atoms with E-state index >= 15 is 0 Å². The van der Waals surface area contributed by atoms with Gasteiger partial charge in [0.15, 0.2) is 0 Å². The Hall–Kier alpha value is -1.77. The van der Waals surface area contributed by atoms with E-state index in [2.05, 4.69) is 22.9 Å². The second kappa shape index (κ2) is 4.48. The summed E-state index contributed by atoms with van der Waals surface area (Å²) in [5.74, 6) is 0.288. The molecule has 0 radical (unpaired) electrons. The van der Waals surface area contributed by atoms with Crippen molar-refractivity contribution < 1.29 is 5.11 Å². The van der Waals surface area contributed by atoms with Gasteiger partial charge in [-0.1, -0.05) is 6.92 Å². The van der Waals surface area contributed by atoms with Gasteiger partial charge in [-0.3, -0.25) is 4.98 Å². The van der Waals surface area contributed by atoms with Gasteiger partial charge in [-0.2, -0.15) is 0 Å². The van der Waals surface area contributed by atoms with Crippen molar-refractivity contribution in [3.8, 4) is 5.75 Å². The summed E-state index contributed by atoms with van der Waals surface area (Å²) >= 11 is 0. The summed E-state index contributed by atoms with van der Waals surface area (Å²) in [5, 5.41) is 10.7. The van der Waals surface area contributed by atoms with Crippen LogP contribution < -0.4 is 4.90 Å². The van der Waals surface area contributed by atoms with Crippen LogP contribution in [0.2, 0.25) is 0 Å². The molecule has 2 heterocycles. The van der Waals surface area contributed by atoms with Gasteiger partial charge in [0.25, 0.3) is 0 Å². The standard InChI is InChI=1S/C15H18N2O/c1-2-11-9-15(17-7-3-4-8-17)13-6-5-12(18)10-14(13)16-11/h5-6,9-10,18H,2-4,7-8H2,1H3. The molecule has 0 aliphatic carbocycles. The highest BCUT2D eigenvalue weighted by molar-refractivity contribution is 5.92. The van der Waals surface area contributed by atoms with E-state index in [4.69, 9.17) is 0 Å². The van der Waals surface area contributed by atoms with Gasteiger partial charge < -0.3 is 10.0 Å². The molecule has 3 rings (SSSR count). The van der Waals surface area contributed by atoms with Gasteiger partial charge in [0, 0.05) is 35.9 Å². The van der Waals surface area contributed by atoms with E-state index in [1.165, 1.54) is 18.5 Å². The van der Waals surface area contributed by atoms with Crippen molar-refractivity contribution in [2.45, 2.75) is 26.2 Å². The van der Waals surface area contributed by atoms with Gasteiger partial charge in [-0.15, -0.1) is 0 Å². The number of aromatic hydroxyl groups is 1. The van der Waals surface area contributed by atoms with Gasteiger partial charge in [0.2, 0.25) is 0 Å². The van der Waals surface area contributed by atoms with Crippen molar-refractivity contribution >= 4 is 16.6 Å². The van der Waals surface area contributed by atoms with E-state index in [0.29, 0.717) is 0 Å². The largest absolute Gasteiger partial charge is 0.508 e. The number of rotatable bonds is 2. The van der Waals surface area contributed by atoms with E-state index < -0.39 is 0 Å². The Labute approximate surface area is 107 Å². The van der Waals surface area contributed by atoms with Crippen molar-refractivity contribution in [1.82, 2.24) is 4.98 Å². The van der Waals surface area contributed by atoms with Crippen LogP contribution in [0.3, 0.4) is 0 Å². The molecule has 3 heteroatoms. The molecule has 94 valence electrons. The summed E-state index contributed by atoms with van der Waals surface area (Å²) in [6.07, 6.45) is 3.46. The van der Waals surface area contributed by atoms with E-state index in [-0.39, 0.29) is 5.75 Å². The number of hydrogen-bond acceptors (Lipinski definition) is 3. The summed E-state index contributed by atoms with van der Waals surface area (Å²) in [5.41, 5.74) is 3.26. The molecule has 18 heavy (non-hydrogen) atoms. The molecule has 2 aromatic rings. The van der Waals surface area contributed by atoms with Crippen LogP contribution in [0.4, 0.5) is 5.69 Å². The molecular weight excluding hydrogens is 224 g/mol. The molecule has 0 atom stereocenters. The Balaban J connectivity index is 2.20. The highest BCUT2D eigenvalue weighted by Crippen LogP contribution is 2.31. The molecule has 1 saturated heterocycles. The first-order valence-electron chi connectivity index (χ1n) is 6.65. The van der Waals surface area contributed by atoms with Gasteiger partial charge in [0.05, 0.1) is 5.52 Å². The SMILES string of the molecule is CCc1cc(N2CCCC2)c2ccc(O)cc2n1. The Kier molecular flexibility index (Phi) is 2.82. The van der Waals surface area contributed by atoms with Crippen LogP contribution in [0.1, 0.15) is 25.5 Å². The van der Waals surface area contributed by atoms with E-state index in [1.54, 1.807) is 12.1 Å². The van der Waals surface area contributed by atoms with Crippen molar-refractivity contribution in [1.29, 1.82) is 0 Å². The highest BCUT2D eigenvalue weighted by Gasteiger charge is 2.16. The van der Waals surface area contributed by atoms with Crippen LogP contribution in [0.5, 0.6) is 5.75 Å². The van der Waals surface area contributed by atoms with Crippen molar-refractivity contribution in [2.75, 3.05) is 18.0 Å². The predicted octanol–water partition coefficient (Wildman–Crippen LogP) is 3.10. The zero-order valence-corrected chi connectivity index (χ0v) is 10.7. The fourth-order valence-corrected chi connectivity index (χ4v) is 2.65. The van der Waals surface area contributed by atoms with Crippen molar-refractivity contribution in [3.63, 3.8) is 0 Å². The minimum atomic E-state index is 0.288. The highest BCUT2D eigenvalue weighted by atomic mass is 16.3. The van der Waals surface area contributed by atoms with Crippen LogP contribution in [-0.4, -0.2) is 23.2 Å². The summed E-state index contributed by atoms with van der Waals surface area (Å²) in [6.45, 7) is 4.37. The first-order chi connectivity index (χ1) is 8.78. The maximum Gasteiger partial charge on any atom is 0.117 e. The van der Waals surface area contributed by atoms with Crippen LogP contribution in [-0.2, 0) is 6.42 Å². The first kappa shape index (κ1) is 11.3. The summed E-state index contributed by atoms with van der Waals surface area (Å²) < 4.78 is 0. The molecular formula is C15H18N2O. The average Bonchev–Trinajstić information content (AvgIpc) is 2.90. The van der Waals surface area contributed by atoms with Crippen LogP contribution in [0.15, 0.2) is 24.3 Å². The van der Waals surface area contributed by atoms with E-state index in [0.717, 1.165) is 36.1 Å². The number of anilines is 1. The number of pyridine rings is 1. The Morgan fingerprint density at radius 2 is 2.00 bits per heavy atom. The minimum Gasteiger partial charge on any atom is -0.508 e. The molecule has 3 nitrogen and oxygen atoms in total. The number of aryl methyl sites for hydroxylation is 1. The molecule has 1 aliphatic rings. The number of aromatic nitrogens is 1. The number of hydrogen-bond donors (Lipinski definition) is 1. The zero-order valence-electron chi connectivity index (χ0n) is 10.7. The second-order valence-corrected chi connectivity index (χ2v) is 4.88. The third-order valence-electron chi connectivity index (χ3n) is 3.63. The third-order valence-corrected chi connectivity index (χ3v) is 3.63. The van der Waals surface area contributed by atoms with E-state index in [1.807, 2.05) is 6.07 Å². The monoisotopic (exact) mass is 242 g/mol. The molecule has 1 aliphatic heterocycles. The second-order valence-electron chi connectivity index (χ2n) is 4.88. The number of nitrogens with zero attached hydrogens (tertiary/aromatic N) is 2. The number of phenolic OH excluding ortho intramolecular Hbond substituents is 1. The molecule has 0 unspecified atom stereocenters. The first-order valence-corrected chi connectivity index (χ1v) is 6.65. The lowest BCUT2D eigenvalue weighted by molar-refractivity contribution is 0.476. The molecule has 0 bridgehead atoms. The predicted molar refractivity (Wildman–Crippen MR) is 74.2 cm³/mol. The van der Waals surface area contributed by atoms with Gasteiger partial charge in [-0.05, 0) is 37.5 Å². The lowest BCUT2D eigenvalue weighted by atomic mass is 10.1. The molecule has 0 spiro atoms. The fourth-order valence-electron chi connectivity index (χ4n) is 2.65. The maximum absolute atomic E-state index is 9.60. The number of phenols is 1. The Morgan fingerprint density at radius 1 is 1.22 bits per heavy atom.